The highest BCUT2D eigenvalue weighted by Gasteiger charge is 2.24. The lowest BCUT2D eigenvalue weighted by molar-refractivity contribution is -0.135. The van der Waals surface area contributed by atoms with Gasteiger partial charge in [-0.1, -0.05) is 18.2 Å². The van der Waals surface area contributed by atoms with E-state index in [0.717, 1.165) is 22.0 Å². The second-order valence-electron chi connectivity index (χ2n) is 6.89. The molecule has 1 aliphatic heterocycles. The highest BCUT2D eigenvalue weighted by atomic mass is 16.5. The van der Waals surface area contributed by atoms with Crippen LogP contribution in [0.3, 0.4) is 0 Å². The summed E-state index contributed by atoms with van der Waals surface area (Å²) in [7, 11) is 3.18. The van der Waals surface area contributed by atoms with Gasteiger partial charge in [0.15, 0.2) is 18.1 Å². The Bertz CT molecular complexity index is 1040. The van der Waals surface area contributed by atoms with E-state index in [2.05, 4.69) is 4.98 Å². The number of benzene rings is 2. The molecule has 0 saturated heterocycles. The van der Waals surface area contributed by atoms with Crippen molar-refractivity contribution in [3.63, 3.8) is 0 Å². The number of ether oxygens (including phenoxy) is 3. The first-order chi connectivity index (χ1) is 14.1. The van der Waals surface area contributed by atoms with Crippen molar-refractivity contribution >= 4 is 22.8 Å². The van der Waals surface area contributed by atoms with Crippen LogP contribution in [0.4, 0.5) is 0 Å². The fourth-order valence-electron chi connectivity index (χ4n) is 3.58. The van der Waals surface area contributed by atoms with Gasteiger partial charge in [-0.15, -0.1) is 0 Å². The fraction of sp³-hybridized carbons (Fsp3) is 0.273. The second-order valence-corrected chi connectivity index (χ2v) is 6.89. The van der Waals surface area contributed by atoms with Crippen molar-refractivity contribution in [1.29, 1.82) is 0 Å². The Morgan fingerprint density at radius 2 is 1.76 bits per heavy atom. The zero-order valence-corrected chi connectivity index (χ0v) is 16.4. The number of aromatic amines is 1. The van der Waals surface area contributed by atoms with Gasteiger partial charge < -0.3 is 24.1 Å². The fourth-order valence-corrected chi connectivity index (χ4v) is 3.58. The van der Waals surface area contributed by atoms with Gasteiger partial charge in [-0.2, -0.15) is 0 Å². The van der Waals surface area contributed by atoms with Crippen LogP contribution in [0.15, 0.2) is 42.5 Å². The Hall–Kier alpha value is -3.48. The smallest absolute Gasteiger partial charge is 0.355 e. The van der Waals surface area contributed by atoms with E-state index in [-0.39, 0.29) is 12.5 Å². The monoisotopic (exact) mass is 394 g/mol. The lowest BCUT2D eigenvalue weighted by Crippen LogP contribution is -2.38. The van der Waals surface area contributed by atoms with E-state index in [1.165, 1.54) is 0 Å². The van der Waals surface area contributed by atoms with E-state index >= 15 is 0 Å². The van der Waals surface area contributed by atoms with Crippen LogP contribution >= 0.6 is 0 Å². The molecule has 2 heterocycles. The molecule has 2 aromatic carbocycles. The molecule has 29 heavy (non-hydrogen) atoms. The molecule has 150 valence electrons. The summed E-state index contributed by atoms with van der Waals surface area (Å²) in [6.07, 6.45) is 0.706. The molecular weight excluding hydrogens is 372 g/mol. The topological polar surface area (TPSA) is 80.9 Å². The molecule has 0 bridgehead atoms. The number of amides is 1. The summed E-state index contributed by atoms with van der Waals surface area (Å²) in [5, 5.41) is 0.919. The molecule has 0 radical (unpaired) electrons. The first-order valence-corrected chi connectivity index (χ1v) is 9.35. The van der Waals surface area contributed by atoms with Crippen LogP contribution in [0, 0.1) is 0 Å². The summed E-state index contributed by atoms with van der Waals surface area (Å²) >= 11 is 0. The number of aromatic nitrogens is 1. The number of nitrogens with one attached hydrogen (secondary N) is 1. The van der Waals surface area contributed by atoms with Gasteiger partial charge in [0.05, 0.1) is 14.2 Å². The largest absolute Gasteiger partial charge is 0.493 e. The number of H-pyrrole nitrogens is 1. The standard InChI is InChI=1S/C22H22N2O5/c1-27-19-10-14-7-8-24(12-16(14)11-20(19)28-2)21(25)13-29-22(26)18-9-15-5-3-4-6-17(15)23-18/h3-6,9-11,23H,7-8,12-13H2,1-2H3. The minimum absolute atomic E-state index is 0.227. The van der Waals surface area contributed by atoms with E-state index in [4.69, 9.17) is 14.2 Å². The number of esters is 1. The maximum Gasteiger partial charge on any atom is 0.355 e. The van der Waals surface area contributed by atoms with Crippen molar-refractivity contribution in [2.24, 2.45) is 0 Å². The molecule has 1 aliphatic rings. The first kappa shape index (κ1) is 18.9. The Morgan fingerprint density at radius 1 is 1.03 bits per heavy atom. The predicted molar refractivity (Wildman–Crippen MR) is 107 cm³/mol. The number of nitrogens with zero attached hydrogens (tertiary/aromatic N) is 1. The molecule has 7 heteroatoms. The van der Waals surface area contributed by atoms with Gasteiger partial charge in [-0.3, -0.25) is 4.79 Å². The third-order valence-electron chi connectivity index (χ3n) is 5.15. The van der Waals surface area contributed by atoms with Crippen molar-refractivity contribution < 1.29 is 23.8 Å². The quantitative estimate of drug-likeness (QED) is 0.673. The predicted octanol–water partition coefficient (Wildman–Crippen LogP) is 2.93. The number of fused-ring (bicyclic) bond motifs is 2. The minimum Gasteiger partial charge on any atom is -0.493 e. The third-order valence-corrected chi connectivity index (χ3v) is 5.15. The van der Waals surface area contributed by atoms with Crippen LogP contribution in [-0.4, -0.2) is 49.1 Å². The van der Waals surface area contributed by atoms with Crippen molar-refractivity contribution in [1.82, 2.24) is 9.88 Å². The molecule has 1 aromatic heterocycles. The average Bonchev–Trinajstić information content (AvgIpc) is 3.20. The summed E-state index contributed by atoms with van der Waals surface area (Å²) in [5.41, 5.74) is 3.31. The van der Waals surface area contributed by atoms with E-state index in [1.807, 2.05) is 36.4 Å². The number of methoxy groups -OCH3 is 2. The van der Waals surface area contributed by atoms with Crippen LogP contribution in [-0.2, 0) is 22.5 Å². The van der Waals surface area contributed by atoms with Gasteiger partial charge in [0.2, 0.25) is 0 Å². The summed E-state index contributed by atoms with van der Waals surface area (Å²) in [4.78, 5) is 29.6. The van der Waals surface area contributed by atoms with Gasteiger partial charge in [0.25, 0.3) is 5.91 Å². The SMILES string of the molecule is COc1cc2c(cc1OC)CN(C(=O)COC(=O)c1cc3ccccc3[nH]1)CC2. The van der Waals surface area contributed by atoms with Gasteiger partial charge >= 0.3 is 5.97 Å². The summed E-state index contributed by atoms with van der Waals surface area (Å²) in [5.74, 6) is 0.539. The van der Waals surface area contributed by atoms with Crippen molar-refractivity contribution in [2.45, 2.75) is 13.0 Å². The van der Waals surface area contributed by atoms with E-state index < -0.39 is 5.97 Å². The summed E-state index contributed by atoms with van der Waals surface area (Å²) in [6, 6.07) is 13.1. The maximum absolute atomic E-state index is 12.6. The van der Waals surface area contributed by atoms with Crippen LogP contribution in [0.5, 0.6) is 11.5 Å². The average molecular weight is 394 g/mol. The molecule has 4 rings (SSSR count). The Morgan fingerprint density at radius 3 is 2.48 bits per heavy atom. The number of carbonyl (C=O) groups is 2. The molecule has 0 fully saturated rings. The van der Waals surface area contributed by atoms with Gasteiger partial charge in [0.1, 0.15) is 5.69 Å². The van der Waals surface area contributed by atoms with E-state index in [9.17, 15) is 9.59 Å². The van der Waals surface area contributed by atoms with Crippen molar-refractivity contribution in [3.05, 3.63) is 59.3 Å². The Balaban J connectivity index is 1.40. The maximum atomic E-state index is 12.6. The number of carbonyl (C=O) groups excluding carboxylic acids is 2. The molecule has 1 N–H and O–H groups in total. The lowest BCUT2D eigenvalue weighted by atomic mass is 9.99. The third kappa shape index (κ3) is 3.76. The van der Waals surface area contributed by atoms with E-state index in [0.29, 0.717) is 36.7 Å². The minimum atomic E-state index is -0.543. The molecular formula is C22H22N2O5. The highest BCUT2D eigenvalue weighted by Crippen LogP contribution is 2.33. The zero-order chi connectivity index (χ0) is 20.4. The number of hydrogen-bond donors (Lipinski definition) is 1. The number of rotatable bonds is 5. The van der Waals surface area contributed by atoms with Crippen LogP contribution in [0.1, 0.15) is 21.6 Å². The molecule has 1 amide bonds. The first-order valence-electron chi connectivity index (χ1n) is 9.35. The Kier molecular flexibility index (Phi) is 5.12. The summed E-state index contributed by atoms with van der Waals surface area (Å²) < 4.78 is 15.9. The molecule has 0 atom stereocenters. The molecule has 0 unspecified atom stereocenters. The van der Waals surface area contributed by atoms with Crippen LogP contribution in [0.2, 0.25) is 0 Å². The molecule has 0 saturated carbocycles. The van der Waals surface area contributed by atoms with Crippen molar-refractivity contribution in [2.75, 3.05) is 27.4 Å². The Labute approximate surface area is 168 Å². The molecule has 0 spiro atoms. The zero-order valence-electron chi connectivity index (χ0n) is 16.4. The van der Waals surface area contributed by atoms with Crippen molar-refractivity contribution in [3.8, 4) is 11.5 Å². The molecule has 0 aliphatic carbocycles. The van der Waals surface area contributed by atoms with E-state index in [1.54, 1.807) is 25.2 Å². The highest BCUT2D eigenvalue weighted by molar-refractivity contribution is 5.95. The van der Waals surface area contributed by atoms with Crippen LogP contribution < -0.4 is 9.47 Å². The molecule has 7 nitrogen and oxygen atoms in total. The normalized spacial score (nSPS) is 13.1. The lowest BCUT2D eigenvalue weighted by Gasteiger charge is -2.29. The number of para-hydroxylation sites is 1. The van der Waals surface area contributed by atoms with Gasteiger partial charge in [0, 0.05) is 24.0 Å². The number of hydrogen-bond acceptors (Lipinski definition) is 5. The summed E-state index contributed by atoms with van der Waals surface area (Å²) in [6.45, 7) is 0.709. The van der Waals surface area contributed by atoms with Gasteiger partial charge in [-0.25, -0.2) is 4.79 Å². The second kappa shape index (κ2) is 7.87. The molecule has 3 aromatic rings. The van der Waals surface area contributed by atoms with Crippen LogP contribution in [0.25, 0.3) is 10.9 Å². The van der Waals surface area contributed by atoms with Gasteiger partial charge in [-0.05, 0) is 41.8 Å².